The summed E-state index contributed by atoms with van der Waals surface area (Å²) in [6.07, 6.45) is 3.56. The Morgan fingerprint density at radius 3 is 2.04 bits per heavy atom. The van der Waals surface area contributed by atoms with Crippen LogP contribution < -0.4 is 10.7 Å². The Bertz CT molecular complexity index is 835. The van der Waals surface area contributed by atoms with Crippen LogP contribution in [-0.2, 0) is 0 Å². The predicted octanol–water partition coefficient (Wildman–Crippen LogP) is 5.95. The van der Waals surface area contributed by atoms with Gasteiger partial charge in [0.2, 0.25) is 5.96 Å². The summed E-state index contributed by atoms with van der Waals surface area (Å²) in [6.45, 7) is 13.4. The molecule has 2 aromatic rings. The lowest BCUT2D eigenvalue weighted by atomic mass is 9.82. The van der Waals surface area contributed by atoms with Gasteiger partial charge in [0.25, 0.3) is 0 Å². The fourth-order valence-corrected chi connectivity index (χ4v) is 4.14. The molecule has 2 N–H and O–H groups in total. The Balaban J connectivity index is 1.98. The maximum absolute atomic E-state index is 4.97. The molecular weight excluding hydrogens is 344 g/mol. The molecule has 1 fully saturated rings. The van der Waals surface area contributed by atoms with Gasteiger partial charge in [-0.3, -0.25) is 5.43 Å². The summed E-state index contributed by atoms with van der Waals surface area (Å²) >= 11 is 0. The van der Waals surface area contributed by atoms with Crippen LogP contribution in [0.1, 0.15) is 58.1 Å². The topological polar surface area (TPSA) is 39.7 Å². The summed E-state index contributed by atoms with van der Waals surface area (Å²) in [5, 5.41) is 5.92. The van der Waals surface area contributed by atoms with Crippen molar-refractivity contribution in [2.24, 2.45) is 4.99 Å². The van der Waals surface area contributed by atoms with E-state index in [1.54, 1.807) is 0 Å². The number of aliphatic imine (C=N–C) groups is 1. The lowest BCUT2D eigenvalue weighted by molar-refractivity contribution is -0.0509. The van der Waals surface area contributed by atoms with Crippen LogP contribution in [0.15, 0.2) is 53.5 Å². The molecule has 1 saturated heterocycles. The van der Waals surface area contributed by atoms with Gasteiger partial charge >= 0.3 is 0 Å². The Kier molecular flexibility index (Phi) is 5.80. The van der Waals surface area contributed by atoms with Crippen molar-refractivity contribution >= 4 is 17.3 Å². The van der Waals surface area contributed by atoms with Crippen LogP contribution in [0.3, 0.4) is 0 Å². The Hall–Kier alpha value is -2.33. The molecule has 1 aliphatic rings. The van der Waals surface area contributed by atoms with Gasteiger partial charge < -0.3 is 5.32 Å². The maximum atomic E-state index is 4.97. The predicted molar refractivity (Wildman–Crippen MR) is 120 cm³/mol. The number of nitrogens with zero attached hydrogens (tertiary/aromatic N) is 2. The van der Waals surface area contributed by atoms with Gasteiger partial charge in [-0.25, -0.2) is 10.0 Å². The highest BCUT2D eigenvalue weighted by atomic mass is 15.6. The van der Waals surface area contributed by atoms with Gasteiger partial charge in [-0.2, -0.15) is 0 Å². The van der Waals surface area contributed by atoms with Crippen molar-refractivity contribution in [1.29, 1.82) is 0 Å². The molecule has 0 aromatic heterocycles. The Morgan fingerprint density at radius 2 is 1.43 bits per heavy atom. The molecule has 4 nitrogen and oxygen atoms in total. The molecular formula is C24H34N4. The molecule has 0 bridgehead atoms. The van der Waals surface area contributed by atoms with E-state index < -0.39 is 0 Å². The van der Waals surface area contributed by atoms with Gasteiger partial charge in [-0.15, -0.1) is 0 Å². The Morgan fingerprint density at radius 1 is 0.857 bits per heavy atom. The summed E-state index contributed by atoms with van der Waals surface area (Å²) in [5.41, 5.74) is 8.13. The molecule has 0 unspecified atom stereocenters. The fourth-order valence-electron chi connectivity index (χ4n) is 4.14. The third-order valence-corrected chi connectivity index (χ3v) is 5.75. The summed E-state index contributed by atoms with van der Waals surface area (Å²) < 4.78 is 0. The first-order valence-corrected chi connectivity index (χ1v) is 10.2. The van der Waals surface area contributed by atoms with Crippen molar-refractivity contribution in [3.05, 3.63) is 59.7 Å². The molecule has 1 heterocycles. The standard InChI is InChI=1S/C24H34N4/c1-18-12-7-9-14-20(18)25-22(26-21-15-10-8-13-19(21)2)27-28-23(3,4)16-11-17-24(28,5)6/h7-10,12-15H,11,16-17H2,1-6H3,(H2,25,26,27). The number of benzene rings is 2. The van der Waals surface area contributed by atoms with Crippen molar-refractivity contribution in [2.75, 3.05) is 5.32 Å². The van der Waals surface area contributed by atoms with E-state index >= 15 is 0 Å². The minimum Gasteiger partial charge on any atom is -0.325 e. The molecule has 0 amide bonds. The number of aryl methyl sites for hydroxylation is 2. The van der Waals surface area contributed by atoms with Gasteiger partial charge in [0.15, 0.2) is 0 Å². The minimum atomic E-state index is 0.0433. The lowest BCUT2D eigenvalue weighted by Gasteiger charge is -2.52. The summed E-state index contributed by atoms with van der Waals surface area (Å²) in [4.78, 5) is 4.97. The third-order valence-electron chi connectivity index (χ3n) is 5.75. The third kappa shape index (κ3) is 4.56. The van der Waals surface area contributed by atoms with Crippen LogP contribution in [0.2, 0.25) is 0 Å². The molecule has 4 heteroatoms. The SMILES string of the molecule is Cc1ccccc1N=C(Nc1ccccc1C)NN1C(C)(C)CCCC1(C)C. The average molecular weight is 379 g/mol. The van der Waals surface area contributed by atoms with Crippen molar-refractivity contribution in [3.8, 4) is 0 Å². The number of anilines is 1. The highest BCUT2D eigenvalue weighted by Crippen LogP contribution is 2.36. The first-order valence-electron chi connectivity index (χ1n) is 10.2. The van der Waals surface area contributed by atoms with Crippen LogP contribution in [0.25, 0.3) is 0 Å². The van der Waals surface area contributed by atoms with E-state index in [2.05, 4.69) is 93.7 Å². The van der Waals surface area contributed by atoms with Crippen LogP contribution >= 0.6 is 0 Å². The van der Waals surface area contributed by atoms with Crippen LogP contribution in [0, 0.1) is 13.8 Å². The zero-order chi connectivity index (χ0) is 20.4. The number of guanidine groups is 1. The van der Waals surface area contributed by atoms with Crippen LogP contribution in [0.5, 0.6) is 0 Å². The number of piperidine rings is 1. The van der Waals surface area contributed by atoms with E-state index in [1.807, 2.05) is 12.1 Å². The maximum Gasteiger partial charge on any atom is 0.215 e. The normalized spacial score (nSPS) is 19.3. The van der Waals surface area contributed by atoms with E-state index in [-0.39, 0.29) is 11.1 Å². The minimum absolute atomic E-state index is 0.0433. The van der Waals surface area contributed by atoms with E-state index in [0.29, 0.717) is 0 Å². The highest BCUT2D eigenvalue weighted by Gasteiger charge is 2.42. The molecule has 28 heavy (non-hydrogen) atoms. The average Bonchev–Trinajstić information content (AvgIpc) is 2.61. The molecule has 0 aliphatic carbocycles. The lowest BCUT2D eigenvalue weighted by Crippen LogP contribution is -2.66. The van der Waals surface area contributed by atoms with Gasteiger partial charge in [-0.05, 0) is 84.1 Å². The van der Waals surface area contributed by atoms with E-state index in [9.17, 15) is 0 Å². The molecule has 0 radical (unpaired) electrons. The van der Waals surface area contributed by atoms with Crippen molar-refractivity contribution in [1.82, 2.24) is 10.4 Å². The van der Waals surface area contributed by atoms with Crippen LogP contribution in [-0.4, -0.2) is 22.0 Å². The molecule has 3 rings (SSSR count). The van der Waals surface area contributed by atoms with E-state index in [0.717, 1.165) is 35.7 Å². The summed E-state index contributed by atoms with van der Waals surface area (Å²) in [5.74, 6) is 0.756. The number of hydrogen-bond donors (Lipinski definition) is 2. The van der Waals surface area contributed by atoms with Gasteiger partial charge in [0, 0.05) is 16.8 Å². The number of para-hydroxylation sites is 2. The number of rotatable bonds is 3. The molecule has 150 valence electrons. The summed E-state index contributed by atoms with van der Waals surface area (Å²) in [7, 11) is 0. The van der Waals surface area contributed by atoms with Gasteiger partial charge in [-0.1, -0.05) is 36.4 Å². The monoisotopic (exact) mass is 378 g/mol. The molecule has 2 aromatic carbocycles. The van der Waals surface area contributed by atoms with Crippen molar-refractivity contribution in [2.45, 2.75) is 71.9 Å². The zero-order valence-electron chi connectivity index (χ0n) is 18.1. The largest absolute Gasteiger partial charge is 0.325 e. The second kappa shape index (κ2) is 7.96. The smallest absolute Gasteiger partial charge is 0.215 e. The second-order valence-corrected chi connectivity index (χ2v) is 9.11. The first kappa shape index (κ1) is 20.4. The molecule has 0 spiro atoms. The van der Waals surface area contributed by atoms with E-state index in [1.165, 1.54) is 12.0 Å². The van der Waals surface area contributed by atoms with Gasteiger partial charge in [0.1, 0.15) is 0 Å². The number of nitrogens with one attached hydrogen (secondary N) is 2. The fraction of sp³-hybridized carbons (Fsp3) is 0.458. The van der Waals surface area contributed by atoms with E-state index in [4.69, 9.17) is 4.99 Å². The number of hydrogen-bond acceptors (Lipinski definition) is 2. The molecule has 0 saturated carbocycles. The Labute approximate surface area is 170 Å². The summed E-state index contributed by atoms with van der Waals surface area (Å²) in [6, 6.07) is 16.6. The first-order chi connectivity index (χ1) is 13.2. The van der Waals surface area contributed by atoms with Crippen molar-refractivity contribution in [3.63, 3.8) is 0 Å². The molecule has 1 aliphatic heterocycles. The van der Waals surface area contributed by atoms with Crippen LogP contribution in [0.4, 0.5) is 11.4 Å². The van der Waals surface area contributed by atoms with Gasteiger partial charge in [0.05, 0.1) is 5.69 Å². The number of hydrazine groups is 1. The molecule has 0 atom stereocenters. The second-order valence-electron chi connectivity index (χ2n) is 9.11. The van der Waals surface area contributed by atoms with Crippen molar-refractivity contribution < 1.29 is 0 Å². The quantitative estimate of drug-likeness (QED) is 0.512. The zero-order valence-corrected chi connectivity index (χ0v) is 18.1. The highest BCUT2D eigenvalue weighted by molar-refractivity contribution is 5.95.